The van der Waals surface area contributed by atoms with Gasteiger partial charge >= 0.3 is 0 Å². The van der Waals surface area contributed by atoms with Gasteiger partial charge in [0.1, 0.15) is 11.9 Å². The lowest BCUT2D eigenvalue weighted by molar-refractivity contribution is -0.0223. The lowest BCUT2D eigenvalue weighted by Crippen LogP contribution is -2.28. The second-order valence-electron chi connectivity index (χ2n) is 5.30. The summed E-state index contributed by atoms with van der Waals surface area (Å²) >= 11 is 0. The van der Waals surface area contributed by atoms with Crippen molar-refractivity contribution in [3.05, 3.63) is 29.3 Å². The maximum atomic E-state index is 10.4. The van der Waals surface area contributed by atoms with Crippen molar-refractivity contribution in [1.29, 1.82) is 0 Å². The summed E-state index contributed by atoms with van der Waals surface area (Å²) in [6, 6.07) is 5.83. The van der Waals surface area contributed by atoms with Gasteiger partial charge in [-0.05, 0) is 24.3 Å². The first kappa shape index (κ1) is 14.4. The molecule has 0 aromatic heterocycles. The summed E-state index contributed by atoms with van der Waals surface area (Å²) in [5.74, 6) is 0.903. The molecule has 1 aliphatic heterocycles. The van der Waals surface area contributed by atoms with E-state index in [0.29, 0.717) is 6.61 Å². The molecule has 3 heteroatoms. The van der Waals surface area contributed by atoms with Crippen molar-refractivity contribution in [3.63, 3.8) is 0 Å². The van der Waals surface area contributed by atoms with Crippen molar-refractivity contribution in [2.24, 2.45) is 5.92 Å². The Hall–Kier alpha value is -1.06. The van der Waals surface area contributed by atoms with Crippen LogP contribution in [-0.2, 0) is 6.42 Å². The van der Waals surface area contributed by atoms with Crippen LogP contribution in [0.3, 0.4) is 0 Å². The van der Waals surface area contributed by atoms with E-state index in [0.717, 1.165) is 42.6 Å². The number of hydrogen-bond acceptors (Lipinski definition) is 3. The van der Waals surface area contributed by atoms with E-state index in [1.54, 1.807) is 0 Å². The highest BCUT2D eigenvalue weighted by molar-refractivity contribution is 5.44. The molecule has 2 atom stereocenters. The Morgan fingerprint density at radius 2 is 1.95 bits per heavy atom. The van der Waals surface area contributed by atoms with Crippen molar-refractivity contribution in [2.75, 3.05) is 6.61 Å². The van der Waals surface area contributed by atoms with Crippen LogP contribution >= 0.6 is 0 Å². The van der Waals surface area contributed by atoms with Crippen LogP contribution in [0, 0.1) is 5.92 Å². The molecule has 0 saturated carbocycles. The molecule has 1 aromatic rings. The van der Waals surface area contributed by atoms with Crippen LogP contribution in [0.25, 0.3) is 0 Å². The van der Waals surface area contributed by atoms with Crippen LogP contribution in [-0.4, -0.2) is 22.9 Å². The van der Waals surface area contributed by atoms with Gasteiger partial charge in [-0.25, -0.2) is 0 Å². The number of hydrogen-bond donors (Lipinski definition) is 2. The molecule has 2 unspecified atom stereocenters. The number of para-hydroxylation sites is 1. The third kappa shape index (κ3) is 2.93. The fourth-order valence-electron chi connectivity index (χ4n) is 2.86. The molecule has 0 saturated heterocycles. The van der Waals surface area contributed by atoms with Crippen molar-refractivity contribution >= 4 is 0 Å². The summed E-state index contributed by atoms with van der Waals surface area (Å²) in [7, 11) is 0. The van der Waals surface area contributed by atoms with Crippen LogP contribution in [0.1, 0.15) is 50.3 Å². The van der Waals surface area contributed by atoms with E-state index < -0.39 is 12.2 Å². The van der Waals surface area contributed by atoms with Crippen LogP contribution in [0.5, 0.6) is 5.75 Å². The largest absolute Gasteiger partial charge is 0.493 e. The number of fused-ring (bicyclic) bond motifs is 1. The smallest absolute Gasteiger partial charge is 0.128 e. The third-order valence-electron chi connectivity index (χ3n) is 4.14. The van der Waals surface area contributed by atoms with Crippen LogP contribution in [0.15, 0.2) is 18.2 Å². The first-order chi connectivity index (χ1) is 9.19. The van der Waals surface area contributed by atoms with Gasteiger partial charge in [-0.2, -0.15) is 0 Å². The number of ether oxygens (including phenoxy) is 1. The van der Waals surface area contributed by atoms with Crippen LogP contribution in [0.4, 0.5) is 0 Å². The van der Waals surface area contributed by atoms with Crippen molar-refractivity contribution in [1.82, 2.24) is 0 Å². The molecule has 1 heterocycles. The highest BCUT2D eigenvalue weighted by Crippen LogP contribution is 2.36. The number of aryl methyl sites for hydroxylation is 1. The van der Waals surface area contributed by atoms with E-state index in [-0.39, 0.29) is 5.92 Å². The van der Waals surface area contributed by atoms with E-state index in [4.69, 9.17) is 4.74 Å². The average Bonchev–Trinajstić information content (AvgIpc) is 2.47. The number of aliphatic hydroxyl groups excluding tert-OH is 2. The number of rotatable bonds is 5. The highest BCUT2D eigenvalue weighted by atomic mass is 16.5. The molecule has 1 aromatic carbocycles. The highest BCUT2D eigenvalue weighted by Gasteiger charge is 2.28. The van der Waals surface area contributed by atoms with E-state index in [2.05, 4.69) is 0 Å². The van der Waals surface area contributed by atoms with Gasteiger partial charge in [0.25, 0.3) is 0 Å². The molecule has 0 radical (unpaired) electrons. The maximum absolute atomic E-state index is 10.4. The van der Waals surface area contributed by atoms with Gasteiger partial charge in [-0.15, -0.1) is 0 Å². The lowest BCUT2D eigenvalue weighted by atomic mass is 9.88. The van der Waals surface area contributed by atoms with E-state index in [1.165, 1.54) is 0 Å². The van der Waals surface area contributed by atoms with Gasteiger partial charge in [0.2, 0.25) is 0 Å². The molecular weight excluding hydrogens is 240 g/mol. The molecule has 0 aliphatic carbocycles. The fourth-order valence-corrected chi connectivity index (χ4v) is 2.86. The van der Waals surface area contributed by atoms with E-state index >= 15 is 0 Å². The average molecular weight is 264 g/mol. The van der Waals surface area contributed by atoms with Crippen molar-refractivity contribution < 1.29 is 14.9 Å². The molecule has 106 valence electrons. The summed E-state index contributed by atoms with van der Waals surface area (Å²) < 4.78 is 5.70. The molecular formula is C16H24O3. The molecule has 3 nitrogen and oxygen atoms in total. The predicted octanol–water partition coefficient (Wildman–Crippen LogP) is 2.84. The van der Waals surface area contributed by atoms with Gasteiger partial charge in [0, 0.05) is 5.56 Å². The molecule has 0 fully saturated rings. The fraction of sp³-hybridized carbons (Fsp3) is 0.625. The van der Waals surface area contributed by atoms with Gasteiger partial charge in [-0.1, -0.05) is 44.9 Å². The second-order valence-corrected chi connectivity index (χ2v) is 5.30. The minimum Gasteiger partial charge on any atom is -0.493 e. The molecule has 0 bridgehead atoms. The number of aliphatic hydroxyl groups is 2. The molecule has 1 aliphatic rings. The normalized spacial score (nSPS) is 17.7. The van der Waals surface area contributed by atoms with E-state index in [1.807, 2.05) is 32.0 Å². The minimum absolute atomic E-state index is 0.120. The first-order valence-corrected chi connectivity index (χ1v) is 7.29. The Labute approximate surface area is 115 Å². The zero-order valence-electron chi connectivity index (χ0n) is 11.8. The molecule has 0 spiro atoms. The van der Waals surface area contributed by atoms with Gasteiger partial charge in [-0.3, -0.25) is 0 Å². The zero-order chi connectivity index (χ0) is 13.8. The quantitative estimate of drug-likeness (QED) is 0.859. The monoisotopic (exact) mass is 264 g/mol. The Balaban J connectivity index is 2.26. The van der Waals surface area contributed by atoms with Gasteiger partial charge < -0.3 is 14.9 Å². The molecule has 0 amide bonds. The first-order valence-electron chi connectivity index (χ1n) is 7.29. The zero-order valence-corrected chi connectivity index (χ0v) is 11.8. The molecule has 2 rings (SSSR count). The standard InChI is InChI=1S/C16H24O3/c1-3-11(4-2)14(17)15(18)13-9-5-7-12-8-6-10-19-16(12)13/h5,7,9,11,14-15,17-18H,3-4,6,8,10H2,1-2H3. The number of benzene rings is 1. The Bertz CT molecular complexity index is 412. The van der Waals surface area contributed by atoms with Gasteiger partial charge in [0.05, 0.1) is 12.7 Å². The Morgan fingerprint density at radius 1 is 1.21 bits per heavy atom. The van der Waals surface area contributed by atoms with Crippen molar-refractivity contribution in [3.8, 4) is 5.75 Å². The van der Waals surface area contributed by atoms with Crippen LogP contribution < -0.4 is 4.74 Å². The summed E-state index contributed by atoms with van der Waals surface area (Å²) in [6.07, 6.45) is 2.14. The maximum Gasteiger partial charge on any atom is 0.128 e. The third-order valence-corrected chi connectivity index (χ3v) is 4.14. The molecule has 19 heavy (non-hydrogen) atoms. The topological polar surface area (TPSA) is 49.7 Å². The second kappa shape index (κ2) is 6.40. The summed E-state index contributed by atoms with van der Waals surface area (Å²) in [4.78, 5) is 0. The Morgan fingerprint density at radius 3 is 2.63 bits per heavy atom. The van der Waals surface area contributed by atoms with Gasteiger partial charge in [0.15, 0.2) is 0 Å². The van der Waals surface area contributed by atoms with Crippen molar-refractivity contribution in [2.45, 2.75) is 51.7 Å². The van der Waals surface area contributed by atoms with Crippen LogP contribution in [0.2, 0.25) is 0 Å². The Kier molecular flexibility index (Phi) is 4.83. The summed E-state index contributed by atoms with van der Waals surface area (Å²) in [5.41, 5.74) is 1.87. The molecule has 2 N–H and O–H groups in total. The minimum atomic E-state index is -0.863. The lowest BCUT2D eigenvalue weighted by Gasteiger charge is -2.28. The SMILES string of the molecule is CCC(CC)C(O)C(O)c1cccc2c1OCCC2. The predicted molar refractivity (Wildman–Crippen MR) is 75.3 cm³/mol. The summed E-state index contributed by atoms with van der Waals surface area (Å²) in [6.45, 7) is 4.78. The summed E-state index contributed by atoms with van der Waals surface area (Å²) in [5, 5.41) is 20.8. The van der Waals surface area contributed by atoms with E-state index in [9.17, 15) is 10.2 Å².